The molecule has 2 unspecified atom stereocenters. The summed E-state index contributed by atoms with van der Waals surface area (Å²) in [6, 6.07) is -1.56. The Kier molecular flexibility index (Phi) is 15.2. The van der Waals surface area contributed by atoms with Crippen LogP contribution >= 0.6 is 0 Å². The first-order valence-electron chi connectivity index (χ1n) is 17.8. The quantitative estimate of drug-likeness (QED) is 0.287. The van der Waals surface area contributed by atoms with Gasteiger partial charge < -0.3 is 24.9 Å². The standard InChI is InChI=1S/C36H66N6O4/c1-13-40(14-2)23-22-38(11)34(45)29-19-17-21-42(29)33(44)27(7)24-30(25(3)4)39(12)35(46)31(36(8,9)10)37-32(43)28-18-15-16-20-41(28)26(5)6/h24-26,28-31H,13-23H2,1-12H3,(H,37,43)/b27-24+/t28?,29-,30+,31?/m0/s1. The molecule has 0 aromatic carbocycles. The van der Waals surface area contributed by atoms with E-state index in [1.54, 1.807) is 28.7 Å². The van der Waals surface area contributed by atoms with Gasteiger partial charge in [-0.3, -0.25) is 24.1 Å². The van der Waals surface area contributed by atoms with Crippen LogP contribution in [0.5, 0.6) is 0 Å². The van der Waals surface area contributed by atoms with Crippen LogP contribution < -0.4 is 5.32 Å². The largest absolute Gasteiger partial charge is 0.343 e. The molecule has 2 aliphatic rings. The molecule has 0 radical (unpaired) electrons. The van der Waals surface area contributed by atoms with Gasteiger partial charge in [-0.25, -0.2) is 0 Å². The topological polar surface area (TPSA) is 96.5 Å². The maximum atomic E-state index is 14.2. The first-order valence-corrected chi connectivity index (χ1v) is 17.8. The number of carbonyl (C=O) groups excluding carboxylic acids is 4. The molecule has 10 heteroatoms. The number of carbonyl (C=O) groups is 4. The van der Waals surface area contributed by atoms with E-state index in [1.165, 1.54) is 0 Å². The van der Waals surface area contributed by atoms with Gasteiger partial charge in [0.15, 0.2) is 0 Å². The van der Waals surface area contributed by atoms with Crippen LogP contribution in [0.4, 0.5) is 0 Å². The summed E-state index contributed by atoms with van der Waals surface area (Å²) >= 11 is 0. The third-order valence-corrected chi connectivity index (χ3v) is 9.97. The van der Waals surface area contributed by atoms with Gasteiger partial charge in [0.1, 0.15) is 12.1 Å². The summed E-state index contributed by atoms with van der Waals surface area (Å²) in [5, 5.41) is 3.15. The van der Waals surface area contributed by atoms with Crippen molar-refractivity contribution in [3.05, 3.63) is 11.6 Å². The number of nitrogens with zero attached hydrogens (tertiary/aromatic N) is 5. The Hall–Kier alpha value is -2.46. The van der Waals surface area contributed by atoms with Crippen LogP contribution in [0.25, 0.3) is 0 Å². The van der Waals surface area contributed by atoms with Gasteiger partial charge in [0.25, 0.3) is 0 Å². The third-order valence-electron chi connectivity index (χ3n) is 9.97. The Balaban J connectivity index is 2.23. The molecule has 2 heterocycles. The molecule has 10 nitrogen and oxygen atoms in total. The summed E-state index contributed by atoms with van der Waals surface area (Å²) in [7, 11) is 3.59. The molecule has 4 atom stereocenters. The number of nitrogens with one attached hydrogen (secondary N) is 1. The second kappa shape index (κ2) is 17.6. The van der Waals surface area contributed by atoms with Gasteiger partial charge in [0, 0.05) is 45.3 Å². The second-order valence-electron chi connectivity index (χ2n) is 15.1. The molecule has 46 heavy (non-hydrogen) atoms. The molecular weight excluding hydrogens is 580 g/mol. The molecule has 2 rings (SSSR count). The molecule has 2 saturated heterocycles. The minimum Gasteiger partial charge on any atom is -0.343 e. The molecule has 0 aromatic heterocycles. The molecule has 0 saturated carbocycles. The first-order chi connectivity index (χ1) is 21.5. The van der Waals surface area contributed by atoms with E-state index >= 15 is 0 Å². The van der Waals surface area contributed by atoms with Gasteiger partial charge in [-0.1, -0.05) is 61.0 Å². The molecule has 0 bridgehead atoms. The number of amides is 4. The van der Waals surface area contributed by atoms with Crippen LogP contribution in [0, 0.1) is 11.3 Å². The van der Waals surface area contributed by atoms with Gasteiger partial charge in [-0.05, 0) is 77.4 Å². The summed E-state index contributed by atoms with van der Waals surface area (Å²) in [4.78, 5) is 64.7. The van der Waals surface area contributed by atoms with Crippen molar-refractivity contribution in [1.82, 2.24) is 29.8 Å². The van der Waals surface area contributed by atoms with E-state index in [4.69, 9.17) is 0 Å². The molecule has 264 valence electrons. The van der Waals surface area contributed by atoms with Crippen molar-refractivity contribution >= 4 is 23.6 Å². The maximum absolute atomic E-state index is 14.2. The smallest absolute Gasteiger partial charge is 0.249 e. The number of rotatable bonds is 14. The molecule has 0 spiro atoms. The maximum Gasteiger partial charge on any atom is 0.249 e. The average Bonchev–Trinajstić information content (AvgIpc) is 3.50. The Morgan fingerprint density at radius 2 is 1.50 bits per heavy atom. The molecule has 2 aliphatic heterocycles. The highest BCUT2D eigenvalue weighted by Gasteiger charge is 2.40. The van der Waals surface area contributed by atoms with Gasteiger partial charge in [0.2, 0.25) is 23.6 Å². The van der Waals surface area contributed by atoms with Crippen molar-refractivity contribution in [1.29, 1.82) is 0 Å². The lowest BCUT2D eigenvalue weighted by atomic mass is 9.84. The van der Waals surface area contributed by atoms with Crippen molar-refractivity contribution in [2.45, 2.75) is 132 Å². The fourth-order valence-electron chi connectivity index (χ4n) is 6.86. The Morgan fingerprint density at radius 3 is 2.04 bits per heavy atom. The lowest BCUT2D eigenvalue weighted by molar-refractivity contribution is -0.142. The predicted octanol–water partition coefficient (Wildman–Crippen LogP) is 4.00. The monoisotopic (exact) mass is 647 g/mol. The van der Waals surface area contributed by atoms with Crippen molar-refractivity contribution in [2.75, 3.05) is 53.4 Å². The van der Waals surface area contributed by atoms with E-state index in [9.17, 15) is 19.2 Å². The van der Waals surface area contributed by atoms with E-state index in [-0.39, 0.29) is 47.7 Å². The fourth-order valence-corrected chi connectivity index (χ4v) is 6.86. The number of likely N-dealkylation sites (N-methyl/N-ethyl adjacent to an activating group) is 3. The number of piperidine rings is 1. The molecule has 0 aromatic rings. The van der Waals surface area contributed by atoms with Crippen LogP contribution in [0.3, 0.4) is 0 Å². The zero-order valence-corrected chi connectivity index (χ0v) is 31.2. The summed E-state index contributed by atoms with van der Waals surface area (Å²) in [6.45, 7) is 24.9. The summed E-state index contributed by atoms with van der Waals surface area (Å²) in [5.74, 6) is -0.426. The molecule has 4 amide bonds. The lowest BCUT2D eigenvalue weighted by Crippen LogP contribution is -2.60. The SMILES string of the molecule is CCN(CC)CCN(C)C(=O)[C@@H]1CCCN1C(=O)/C(C)=C/[C@H](C(C)C)N(C)C(=O)C(NC(=O)C1CCCCN1C(C)C)C(C)(C)C. The average molecular weight is 647 g/mol. The van der Waals surface area contributed by atoms with Gasteiger partial charge in [-0.2, -0.15) is 0 Å². The zero-order valence-electron chi connectivity index (χ0n) is 31.2. The summed E-state index contributed by atoms with van der Waals surface area (Å²) in [5.41, 5.74) is 0.00416. The second-order valence-corrected chi connectivity index (χ2v) is 15.1. The molecular formula is C36H66N6O4. The number of likely N-dealkylation sites (tertiary alicyclic amines) is 2. The van der Waals surface area contributed by atoms with Gasteiger partial charge in [0.05, 0.1) is 12.1 Å². The van der Waals surface area contributed by atoms with Crippen LogP contribution in [0.1, 0.15) is 101 Å². The van der Waals surface area contributed by atoms with Crippen LogP contribution in [0.15, 0.2) is 11.6 Å². The van der Waals surface area contributed by atoms with Crippen molar-refractivity contribution in [3.63, 3.8) is 0 Å². The van der Waals surface area contributed by atoms with E-state index in [0.29, 0.717) is 25.1 Å². The van der Waals surface area contributed by atoms with E-state index in [0.717, 1.165) is 51.9 Å². The van der Waals surface area contributed by atoms with Crippen molar-refractivity contribution in [3.8, 4) is 0 Å². The fraction of sp³-hybridized carbons (Fsp3) is 0.833. The lowest BCUT2D eigenvalue weighted by Gasteiger charge is -2.41. The highest BCUT2D eigenvalue weighted by atomic mass is 16.2. The molecule has 1 N–H and O–H groups in total. The Labute approximate surface area is 280 Å². The number of hydrogen-bond donors (Lipinski definition) is 1. The highest BCUT2D eigenvalue weighted by molar-refractivity contribution is 5.97. The van der Waals surface area contributed by atoms with Crippen molar-refractivity contribution in [2.24, 2.45) is 11.3 Å². The minimum absolute atomic E-state index is 0.0173. The summed E-state index contributed by atoms with van der Waals surface area (Å²) < 4.78 is 0. The highest BCUT2D eigenvalue weighted by Crippen LogP contribution is 2.27. The van der Waals surface area contributed by atoms with E-state index in [2.05, 4.69) is 42.8 Å². The van der Waals surface area contributed by atoms with E-state index in [1.807, 2.05) is 47.7 Å². The summed E-state index contributed by atoms with van der Waals surface area (Å²) in [6.07, 6.45) is 6.17. The van der Waals surface area contributed by atoms with Gasteiger partial charge >= 0.3 is 0 Å². The minimum atomic E-state index is -0.723. The Bertz CT molecular complexity index is 1060. The van der Waals surface area contributed by atoms with Gasteiger partial charge in [-0.15, -0.1) is 0 Å². The predicted molar refractivity (Wildman–Crippen MR) is 186 cm³/mol. The third kappa shape index (κ3) is 10.3. The van der Waals surface area contributed by atoms with Crippen LogP contribution in [-0.2, 0) is 19.2 Å². The first kappa shape index (κ1) is 39.7. The number of hydrogen-bond acceptors (Lipinski definition) is 6. The Morgan fingerprint density at radius 1 is 0.891 bits per heavy atom. The van der Waals surface area contributed by atoms with Crippen LogP contribution in [-0.4, -0.2) is 132 Å². The normalized spacial score (nSPS) is 21.1. The van der Waals surface area contributed by atoms with E-state index < -0.39 is 17.5 Å². The zero-order chi connectivity index (χ0) is 34.9. The van der Waals surface area contributed by atoms with Crippen LogP contribution in [0.2, 0.25) is 0 Å². The van der Waals surface area contributed by atoms with Crippen molar-refractivity contribution < 1.29 is 19.2 Å². The molecule has 2 fully saturated rings. The molecule has 0 aliphatic carbocycles.